The van der Waals surface area contributed by atoms with E-state index < -0.39 is 17.6 Å². The number of H-pyrrole nitrogens is 1. The predicted octanol–water partition coefficient (Wildman–Crippen LogP) is 2.30. The molecule has 0 aliphatic heterocycles. The summed E-state index contributed by atoms with van der Waals surface area (Å²) >= 11 is 0. The molecule has 2 aromatic rings. The molecule has 0 saturated carbocycles. The molecule has 0 aliphatic rings. The van der Waals surface area contributed by atoms with Crippen molar-refractivity contribution in [2.75, 3.05) is 5.73 Å². The van der Waals surface area contributed by atoms with Crippen LogP contribution in [0.3, 0.4) is 0 Å². The van der Waals surface area contributed by atoms with Gasteiger partial charge >= 0.3 is 6.18 Å². The number of aromatic nitrogens is 2. The van der Waals surface area contributed by atoms with Crippen LogP contribution in [0.4, 0.5) is 23.4 Å². The molecule has 0 fully saturated rings. The lowest BCUT2D eigenvalue weighted by Crippen LogP contribution is -2.08. The number of benzene rings is 1. The number of aromatic amines is 1. The quantitative estimate of drug-likeness (QED) is 0.668. The van der Waals surface area contributed by atoms with Crippen LogP contribution in [0.15, 0.2) is 12.1 Å². The van der Waals surface area contributed by atoms with Crippen LogP contribution in [-0.2, 0) is 6.18 Å². The summed E-state index contributed by atoms with van der Waals surface area (Å²) in [6.07, 6.45) is -4.72. The lowest BCUT2D eigenvalue weighted by Gasteiger charge is -2.07. The minimum Gasteiger partial charge on any atom is -0.382 e. The minimum atomic E-state index is -4.72. The number of halogens is 4. The molecule has 1 aromatic carbocycles. The Morgan fingerprint density at radius 1 is 1.27 bits per heavy atom. The van der Waals surface area contributed by atoms with E-state index in [-0.39, 0.29) is 16.7 Å². The van der Waals surface area contributed by atoms with Crippen LogP contribution in [0.5, 0.6) is 0 Å². The Morgan fingerprint density at radius 3 is 2.53 bits per heavy atom. The van der Waals surface area contributed by atoms with Gasteiger partial charge in [-0.15, -0.1) is 0 Å². The van der Waals surface area contributed by atoms with Crippen molar-refractivity contribution in [1.29, 1.82) is 0 Å². The standard InChI is InChI=1S/C8H5F4N3/c9-5-4(8(10,11)12)2-1-3-6(5)14-15-7(3)13/h1-2H,(H3,13,14,15). The second kappa shape index (κ2) is 2.85. The summed E-state index contributed by atoms with van der Waals surface area (Å²) in [5.74, 6) is -1.41. The maximum absolute atomic E-state index is 13.3. The minimum absolute atomic E-state index is 0.0300. The summed E-state index contributed by atoms with van der Waals surface area (Å²) in [6.45, 7) is 0. The topological polar surface area (TPSA) is 54.7 Å². The summed E-state index contributed by atoms with van der Waals surface area (Å²) in [4.78, 5) is 0. The van der Waals surface area contributed by atoms with Crippen molar-refractivity contribution in [3.05, 3.63) is 23.5 Å². The van der Waals surface area contributed by atoms with Gasteiger partial charge in [0.1, 0.15) is 5.52 Å². The smallest absolute Gasteiger partial charge is 0.382 e. The van der Waals surface area contributed by atoms with Crippen LogP contribution in [0, 0.1) is 5.82 Å². The molecule has 15 heavy (non-hydrogen) atoms. The lowest BCUT2D eigenvalue weighted by molar-refractivity contribution is -0.139. The largest absolute Gasteiger partial charge is 0.419 e. The first-order valence-corrected chi connectivity index (χ1v) is 3.90. The molecule has 0 radical (unpaired) electrons. The van der Waals surface area contributed by atoms with E-state index >= 15 is 0 Å². The van der Waals surface area contributed by atoms with Crippen molar-refractivity contribution in [3.63, 3.8) is 0 Å². The van der Waals surface area contributed by atoms with Crippen LogP contribution in [0.25, 0.3) is 10.9 Å². The Kier molecular flexibility index (Phi) is 1.85. The fraction of sp³-hybridized carbons (Fsp3) is 0.125. The van der Waals surface area contributed by atoms with E-state index in [9.17, 15) is 17.6 Å². The number of anilines is 1. The molecular formula is C8H5F4N3. The third-order valence-corrected chi connectivity index (χ3v) is 2.01. The summed E-state index contributed by atoms with van der Waals surface area (Å²) in [5, 5.41) is 5.68. The van der Waals surface area contributed by atoms with Gasteiger partial charge < -0.3 is 5.73 Å². The number of rotatable bonds is 0. The van der Waals surface area contributed by atoms with Crippen molar-refractivity contribution >= 4 is 16.7 Å². The summed E-state index contributed by atoms with van der Waals surface area (Å²) < 4.78 is 50.2. The van der Waals surface area contributed by atoms with Crippen molar-refractivity contribution < 1.29 is 17.6 Å². The number of nitrogens with zero attached hydrogens (tertiary/aromatic N) is 1. The third kappa shape index (κ3) is 1.39. The van der Waals surface area contributed by atoms with Crippen LogP contribution < -0.4 is 5.73 Å². The molecule has 80 valence electrons. The van der Waals surface area contributed by atoms with Gasteiger partial charge in [-0.2, -0.15) is 18.3 Å². The van der Waals surface area contributed by atoms with Crippen molar-refractivity contribution in [3.8, 4) is 0 Å². The Bertz CT molecular complexity index is 514. The number of nitrogen functional groups attached to an aromatic ring is 1. The second-order valence-corrected chi connectivity index (χ2v) is 2.96. The average molecular weight is 219 g/mol. The summed E-state index contributed by atoms with van der Waals surface area (Å²) in [7, 11) is 0. The van der Waals surface area contributed by atoms with Crippen LogP contribution in [0.1, 0.15) is 5.56 Å². The highest BCUT2D eigenvalue weighted by Crippen LogP contribution is 2.34. The number of hydrogen-bond acceptors (Lipinski definition) is 2. The Labute approximate surface area is 80.9 Å². The fourth-order valence-corrected chi connectivity index (χ4v) is 1.29. The van der Waals surface area contributed by atoms with Crippen LogP contribution >= 0.6 is 0 Å². The maximum Gasteiger partial charge on any atom is 0.419 e. The number of nitrogens with one attached hydrogen (secondary N) is 1. The maximum atomic E-state index is 13.3. The van der Waals surface area contributed by atoms with E-state index in [0.717, 1.165) is 6.07 Å². The third-order valence-electron chi connectivity index (χ3n) is 2.01. The highest BCUT2D eigenvalue weighted by molar-refractivity contribution is 5.89. The molecule has 0 amide bonds. The molecule has 0 atom stereocenters. The molecule has 3 N–H and O–H groups in total. The number of hydrogen-bond donors (Lipinski definition) is 2. The SMILES string of the molecule is Nc1n[nH]c2c(F)c(C(F)(F)F)ccc12. The molecule has 0 saturated heterocycles. The Morgan fingerprint density at radius 2 is 1.93 bits per heavy atom. The van der Waals surface area contributed by atoms with Crippen molar-refractivity contribution in [1.82, 2.24) is 10.2 Å². The van der Waals surface area contributed by atoms with E-state index in [1.54, 1.807) is 0 Å². The van der Waals surface area contributed by atoms with Gasteiger partial charge in [-0.3, -0.25) is 5.10 Å². The highest BCUT2D eigenvalue weighted by atomic mass is 19.4. The first-order chi connectivity index (χ1) is 6.91. The van der Waals surface area contributed by atoms with Gasteiger partial charge in [0.25, 0.3) is 0 Å². The van der Waals surface area contributed by atoms with E-state index in [1.165, 1.54) is 0 Å². The van der Waals surface area contributed by atoms with Gasteiger partial charge in [-0.1, -0.05) is 0 Å². The number of alkyl halides is 3. The van der Waals surface area contributed by atoms with E-state index in [0.29, 0.717) is 6.07 Å². The normalized spacial score (nSPS) is 12.3. The predicted molar refractivity (Wildman–Crippen MR) is 45.5 cm³/mol. The molecule has 7 heteroatoms. The van der Waals surface area contributed by atoms with E-state index in [1.807, 2.05) is 0 Å². The van der Waals surface area contributed by atoms with E-state index in [2.05, 4.69) is 10.2 Å². The van der Waals surface area contributed by atoms with Gasteiger partial charge in [-0.05, 0) is 12.1 Å². The zero-order chi connectivity index (χ0) is 11.2. The van der Waals surface area contributed by atoms with Gasteiger partial charge in [0.05, 0.1) is 5.56 Å². The Balaban J connectivity index is 2.77. The molecule has 1 aromatic heterocycles. The van der Waals surface area contributed by atoms with Crippen LogP contribution in [-0.4, -0.2) is 10.2 Å². The molecule has 0 spiro atoms. The number of fused-ring (bicyclic) bond motifs is 1. The second-order valence-electron chi connectivity index (χ2n) is 2.96. The molecule has 1 heterocycles. The zero-order valence-electron chi connectivity index (χ0n) is 7.19. The average Bonchev–Trinajstić information content (AvgIpc) is 2.47. The zero-order valence-corrected chi connectivity index (χ0v) is 7.19. The summed E-state index contributed by atoms with van der Waals surface area (Å²) in [6, 6.07) is 1.73. The lowest BCUT2D eigenvalue weighted by atomic mass is 10.1. The van der Waals surface area contributed by atoms with Gasteiger partial charge in [0.2, 0.25) is 0 Å². The first kappa shape index (κ1) is 9.75. The Hall–Kier alpha value is -1.79. The molecule has 0 unspecified atom stereocenters. The van der Waals surface area contributed by atoms with Crippen LogP contribution in [0.2, 0.25) is 0 Å². The molecule has 2 rings (SSSR count). The molecule has 0 aliphatic carbocycles. The van der Waals surface area contributed by atoms with Crippen molar-refractivity contribution in [2.24, 2.45) is 0 Å². The van der Waals surface area contributed by atoms with Gasteiger partial charge in [0, 0.05) is 5.39 Å². The fourth-order valence-electron chi connectivity index (χ4n) is 1.29. The van der Waals surface area contributed by atoms with Crippen molar-refractivity contribution in [2.45, 2.75) is 6.18 Å². The number of nitrogens with two attached hydrogens (primary N) is 1. The van der Waals surface area contributed by atoms with Gasteiger partial charge in [0.15, 0.2) is 11.6 Å². The molecular weight excluding hydrogens is 214 g/mol. The monoisotopic (exact) mass is 219 g/mol. The molecule has 0 bridgehead atoms. The summed E-state index contributed by atoms with van der Waals surface area (Å²) in [5.41, 5.74) is 3.65. The van der Waals surface area contributed by atoms with Gasteiger partial charge in [-0.25, -0.2) is 4.39 Å². The van der Waals surface area contributed by atoms with E-state index in [4.69, 9.17) is 5.73 Å². The highest BCUT2D eigenvalue weighted by Gasteiger charge is 2.35. The first-order valence-electron chi connectivity index (χ1n) is 3.90. The molecule has 3 nitrogen and oxygen atoms in total.